The van der Waals surface area contributed by atoms with E-state index in [1.54, 1.807) is 13.8 Å². The number of rotatable bonds is 4. The minimum atomic E-state index is -1.30. The molecule has 3 unspecified atom stereocenters. The number of ether oxygens (including phenoxy) is 6. The van der Waals surface area contributed by atoms with Crippen LogP contribution < -0.4 is 0 Å². The zero-order chi connectivity index (χ0) is 32.9. The van der Waals surface area contributed by atoms with Gasteiger partial charge in [-0.15, -0.1) is 0 Å². The van der Waals surface area contributed by atoms with Crippen molar-refractivity contribution in [3.8, 4) is 0 Å². The van der Waals surface area contributed by atoms with E-state index in [-0.39, 0.29) is 56.2 Å². The van der Waals surface area contributed by atoms with Gasteiger partial charge in [-0.1, -0.05) is 42.0 Å². The number of nitrogens with zero attached hydrogens (tertiary/aromatic N) is 1. The molecule has 260 valence electrons. The van der Waals surface area contributed by atoms with Crippen LogP contribution in [-0.2, 0) is 42.8 Å². The Morgan fingerprint density at radius 3 is 2.20 bits per heavy atom. The largest absolute Gasteiger partial charge is 0.459 e. The van der Waals surface area contributed by atoms with Crippen molar-refractivity contribution in [1.29, 1.82) is 0 Å². The van der Waals surface area contributed by atoms with Crippen LogP contribution >= 0.6 is 0 Å². The number of esters is 1. The van der Waals surface area contributed by atoms with Gasteiger partial charge in [0.15, 0.2) is 23.5 Å². The molecule has 0 amide bonds. The fraction of sp³-hybridized carbons (Fsp3) is 0.912. The lowest BCUT2D eigenvalue weighted by Gasteiger charge is -2.50. The number of hydrogen-bond acceptors (Lipinski definition) is 11. The summed E-state index contributed by atoms with van der Waals surface area (Å²) in [4.78, 5) is 42.4. The van der Waals surface area contributed by atoms with Crippen molar-refractivity contribution in [2.45, 2.75) is 143 Å². The maximum absolute atomic E-state index is 13.8. The molecule has 4 saturated heterocycles. The molecule has 4 rings (SSSR count). The molecule has 4 fully saturated rings. The van der Waals surface area contributed by atoms with Crippen LogP contribution in [0.25, 0.3) is 0 Å². The predicted molar refractivity (Wildman–Crippen MR) is 167 cm³/mol. The summed E-state index contributed by atoms with van der Waals surface area (Å²) in [6.07, 6.45) is -4.31. The van der Waals surface area contributed by atoms with Gasteiger partial charge in [-0.3, -0.25) is 14.4 Å². The van der Waals surface area contributed by atoms with Crippen molar-refractivity contribution < 1.29 is 47.9 Å². The van der Waals surface area contributed by atoms with Gasteiger partial charge in [0, 0.05) is 23.8 Å². The SMILES string of the molecule is C.CC[C@H]1OC(=O)[C@H](C)[C@H]2OCC(=O)CO[C@@](C)(C[C@@H](C)C3OC1(C)C(=O)C3C)[C@H](O[C@@H]1O[C@H](C)[C@@H](C)[C@H](N(C)C)[C@H]1O)[C@H]2C. The first-order valence-corrected chi connectivity index (χ1v) is 16.3. The van der Waals surface area contributed by atoms with Gasteiger partial charge in [0.1, 0.15) is 25.4 Å². The van der Waals surface area contributed by atoms with Crippen molar-refractivity contribution in [2.75, 3.05) is 27.3 Å². The number of ketones is 2. The van der Waals surface area contributed by atoms with Gasteiger partial charge in [-0.05, 0) is 60.5 Å². The minimum Gasteiger partial charge on any atom is -0.459 e. The highest BCUT2D eigenvalue weighted by Crippen LogP contribution is 2.45. The highest BCUT2D eigenvalue weighted by atomic mass is 16.7. The van der Waals surface area contributed by atoms with Crippen LogP contribution in [0.1, 0.15) is 82.6 Å². The lowest BCUT2D eigenvalue weighted by Crippen LogP contribution is -2.62. The lowest BCUT2D eigenvalue weighted by molar-refractivity contribution is -0.312. The second-order valence-electron chi connectivity index (χ2n) is 14.5. The van der Waals surface area contributed by atoms with Crippen LogP contribution in [0.2, 0.25) is 0 Å². The number of Topliss-reactive ketones (excluding diaryl/α,β-unsaturated/α-hetero) is 2. The van der Waals surface area contributed by atoms with Crippen LogP contribution in [0.4, 0.5) is 0 Å². The quantitative estimate of drug-likeness (QED) is 0.453. The zero-order valence-electron chi connectivity index (χ0n) is 28.4. The van der Waals surface area contributed by atoms with E-state index in [2.05, 4.69) is 0 Å². The molecule has 0 aromatic heterocycles. The van der Waals surface area contributed by atoms with E-state index >= 15 is 0 Å². The van der Waals surface area contributed by atoms with Gasteiger partial charge in [0.05, 0.1) is 35.9 Å². The average Bonchev–Trinajstić information content (AvgIpc) is 3.21. The molecule has 11 nitrogen and oxygen atoms in total. The summed E-state index contributed by atoms with van der Waals surface area (Å²) in [6, 6.07) is -0.236. The molecule has 0 radical (unpaired) electrons. The first-order valence-electron chi connectivity index (χ1n) is 16.3. The molecule has 4 bridgehead atoms. The maximum Gasteiger partial charge on any atom is 0.311 e. The molecule has 45 heavy (non-hydrogen) atoms. The van der Waals surface area contributed by atoms with Crippen LogP contribution in [0.3, 0.4) is 0 Å². The molecule has 1 N–H and O–H groups in total. The molecule has 0 aliphatic carbocycles. The number of aliphatic hydroxyl groups excluding tert-OH is 1. The second kappa shape index (κ2) is 14.3. The molecule has 4 aliphatic heterocycles. The third kappa shape index (κ3) is 7.05. The van der Waals surface area contributed by atoms with Gasteiger partial charge >= 0.3 is 5.97 Å². The molecule has 0 aromatic carbocycles. The molecule has 4 heterocycles. The van der Waals surface area contributed by atoms with E-state index in [1.807, 2.05) is 67.5 Å². The number of hydrogen-bond donors (Lipinski definition) is 1. The standard InChI is InChI=1S/C33H55NO10.CH4/c1-12-23-33(9)28(37)18(4)26(44-33)16(2)13-32(8)29(43-31-25(36)24(34(10)11)17(3)21(7)41-31)19(5)27(20(6)30(38)42-23)39-14-22(35)15-40-32;/h16-21,23-27,29,31,36H,12-15H2,1-11H3;1H4/t16-,17-,18?,19+,20-,21-,23-,24+,25-,26?,27+,29-,31+,32+,33?;/m1./s1. The van der Waals surface area contributed by atoms with Crippen molar-refractivity contribution in [3.05, 3.63) is 0 Å². The summed E-state index contributed by atoms with van der Waals surface area (Å²) in [5.41, 5.74) is -2.41. The summed E-state index contributed by atoms with van der Waals surface area (Å²) in [5, 5.41) is 11.6. The number of carbonyl (C=O) groups excluding carboxylic acids is 3. The van der Waals surface area contributed by atoms with Crippen LogP contribution in [-0.4, -0.2) is 115 Å². The Kier molecular flexibility index (Phi) is 12.1. The zero-order valence-corrected chi connectivity index (χ0v) is 28.4. The maximum atomic E-state index is 13.8. The van der Waals surface area contributed by atoms with Gasteiger partial charge in [-0.25, -0.2) is 0 Å². The fourth-order valence-corrected chi connectivity index (χ4v) is 8.29. The van der Waals surface area contributed by atoms with Crippen molar-refractivity contribution in [2.24, 2.45) is 29.6 Å². The fourth-order valence-electron chi connectivity index (χ4n) is 8.29. The van der Waals surface area contributed by atoms with Crippen molar-refractivity contribution in [3.63, 3.8) is 0 Å². The second-order valence-corrected chi connectivity index (χ2v) is 14.5. The summed E-state index contributed by atoms with van der Waals surface area (Å²) in [5.74, 6) is -2.88. The van der Waals surface area contributed by atoms with Gasteiger partial charge in [-0.2, -0.15) is 0 Å². The molecule has 0 saturated carbocycles. The average molecular weight is 642 g/mol. The van der Waals surface area contributed by atoms with E-state index in [0.29, 0.717) is 12.8 Å². The highest BCUT2D eigenvalue weighted by molar-refractivity contribution is 5.92. The van der Waals surface area contributed by atoms with E-state index in [0.717, 1.165) is 0 Å². The molecule has 15 atom stereocenters. The number of likely N-dealkylation sites (N-methyl/N-ethyl adjacent to an activating group) is 1. The van der Waals surface area contributed by atoms with Crippen molar-refractivity contribution >= 4 is 17.5 Å². The molecular formula is C34H59NO10. The van der Waals surface area contributed by atoms with E-state index in [4.69, 9.17) is 28.4 Å². The van der Waals surface area contributed by atoms with Crippen LogP contribution in [0.15, 0.2) is 0 Å². The monoisotopic (exact) mass is 641 g/mol. The number of aliphatic hydroxyl groups is 1. The lowest BCUT2D eigenvalue weighted by atomic mass is 9.75. The topological polar surface area (TPSA) is 130 Å². The number of cyclic esters (lactones) is 1. The first kappa shape index (κ1) is 38.0. The third-order valence-corrected chi connectivity index (χ3v) is 10.9. The molecule has 0 spiro atoms. The van der Waals surface area contributed by atoms with Crippen LogP contribution in [0, 0.1) is 29.6 Å². The van der Waals surface area contributed by atoms with E-state index in [1.165, 1.54) is 0 Å². The smallest absolute Gasteiger partial charge is 0.311 e. The van der Waals surface area contributed by atoms with Gasteiger partial charge < -0.3 is 38.4 Å². The Labute approximate surface area is 269 Å². The third-order valence-electron chi connectivity index (χ3n) is 10.9. The Bertz CT molecular complexity index is 1070. The molecule has 11 heteroatoms. The molecular weight excluding hydrogens is 582 g/mol. The normalized spacial score (nSPS) is 48.3. The highest BCUT2D eigenvalue weighted by Gasteiger charge is 2.59. The number of carbonyl (C=O) groups is 3. The summed E-state index contributed by atoms with van der Waals surface area (Å²) >= 11 is 0. The van der Waals surface area contributed by atoms with E-state index < -0.39 is 71.7 Å². The predicted octanol–water partition coefficient (Wildman–Crippen LogP) is 3.42. The Hall–Kier alpha value is -1.47. The van der Waals surface area contributed by atoms with Gasteiger partial charge in [0.2, 0.25) is 0 Å². The van der Waals surface area contributed by atoms with Crippen LogP contribution in [0.5, 0.6) is 0 Å². The minimum absolute atomic E-state index is 0. The Balaban J connectivity index is 0.00000552. The van der Waals surface area contributed by atoms with E-state index in [9.17, 15) is 19.5 Å². The summed E-state index contributed by atoms with van der Waals surface area (Å²) in [6.45, 7) is 16.5. The first-order chi connectivity index (χ1) is 20.5. The Morgan fingerprint density at radius 1 is 0.956 bits per heavy atom. The van der Waals surface area contributed by atoms with Gasteiger partial charge in [0.25, 0.3) is 0 Å². The Morgan fingerprint density at radius 2 is 1.60 bits per heavy atom. The number of fused-ring (bicyclic) bond motifs is 5. The van der Waals surface area contributed by atoms with Crippen molar-refractivity contribution in [1.82, 2.24) is 4.90 Å². The summed E-state index contributed by atoms with van der Waals surface area (Å²) < 4.78 is 38.3. The summed E-state index contributed by atoms with van der Waals surface area (Å²) in [7, 11) is 3.84. The molecule has 0 aromatic rings. The molecule has 4 aliphatic rings.